The molecule has 3 aromatic carbocycles. The van der Waals surface area contributed by atoms with Crippen LogP contribution in [0, 0.1) is 0 Å². The predicted octanol–water partition coefficient (Wildman–Crippen LogP) is 4.10. The molecule has 32 heavy (non-hydrogen) atoms. The maximum absolute atomic E-state index is 13.0. The second-order valence-electron chi connectivity index (χ2n) is 7.32. The molecule has 166 valence electrons. The van der Waals surface area contributed by atoms with Gasteiger partial charge in [0.25, 0.3) is 11.8 Å². The Balaban J connectivity index is 1.67. The van der Waals surface area contributed by atoms with Crippen LogP contribution in [-0.2, 0) is 11.2 Å². The Morgan fingerprint density at radius 2 is 1.53 bits per heavy atom. The largest absolute Gasteiger partial charge is 0.493 e. The van der Waals surface area contributed by atoms with E-state index in [9.17, 15) is 9.59 Å². The highest BCUT2D eigenvalue weighted by Crippen LogP contribution is 2.28. The number of nitrogens with one attached hydrogen (secondary N) is 1. The van der Waals surface area contributed by atoms with Crippen LogP contribution in [0.4, 0.5) is 5.69 Å². The molecule has 0 fully saturated rings. The highest BCUT2D eigenvalue weighted by atomic mass is 16.5. The number of nitrogens with zero attached hydrogens (tertiary/aromatic N) is 1. The number of likely N-dealkylation sites (N-methyl/N-ethyl adjacent to an activating group) is 1. The molecule has 0 saturated carbocycles. The summed E-state index contributed by atoms with van der Waals surface area (Å²) in [5.74, 6) is 0.527. The third-order valence-electron chi connectivity index (χ3n) is 5.10. The minimum absolute atomic E-state index is 0.227. The van der Waals surface area contributed by atoms with Crippen molar-refractivity contribution in [1.82, 2.24) is 5.32 Å². The lowest BCUT2D eigenvalue weighted by Gasteiger charge is -2.24. The average molecular weight is 433 g/mol. The molecule has 6 heteroatoms. The summed E-state index contributed by atoms with van der Waals surface area (Å²) in [6.45, 7) is 2.18. The van der Waals surface area contributed by atoms with Gasteiger partial charge < -0.3 is 19.7 Å². The summed E-state index contributed by atoms with van der Waals surface area (Å²) in [4.78, 5) is 27.3. The quantitative estimate of drug-likeness (QED) is 0.553. The van der Waals surface area contributed by atoms with Gasteiger partial charge in [-0.2, -0.15) is 0 Å². The minimum Gasteiger partial charge on any atom is -0.493 e. The van der Waals surface area contributed by atoms with Crippen molar-refractivity contribution < 1.29 is 19.1 Å². The molecule has 6 nitrogen and oxygen atoms in total. The van der Waals surface area contributed by atoms with Crippen LogP contribution in [0.25, 0.3) is 0 Å². The first-order chi connectivity index (χ1) is 15.5. The first-order valence-corrected chi connectivity index (χ1v) is 10.5. The van der Waals surface area contributed by atoms with Gasteiger partial charge in [0, 0.05) is 13.6 Å². The Morgan fingerprint density at radius 1 is 0.906 bits per heavy atom. The van der Waals surface area contributed by atoms with Crippen molar-refractivity contribution >= 4 is 17.5 Å². The predicted molar refractivity (Wildman–Crippen MR) is 125 cm³/mol. The minimum atomic E-state index is -0.773. The maximum atomic E-state index is 13.0. The molecule has 3 rings (SSSR count). The molecule has 0 saturated heterocycles. The normalized spacial score (nSPS) is 11.3. The van der Waals surface area contributed by atoms with Crippen LogP contribution in [0.2, 0.25) is 0 Å². The van der Waals surface area contributed by atoms with Gasteiger partial charge in [-0.15, -0.1) is 0 Å². The molecule has 1 unspecified atom stereocenters. The molecule has 1 N–H and O–H groups in total. The Bertz CT molecular complexity index is 1050. The fourth-order valence-corrected chi connectivity index (χ4v) is 3.37. The number of carbonyl (C=O) groups excluding carboxylic acids is 2. The van der Waals surface area contributed by atoms with E-state index in [2.05, 4.69) is 5.32 Å². The van der Waals surface area contributed by atoms with Crippen LogP contribution in [0.3, 0.4) is 0 Å². The van der Waals surface area contributed by atoms with Crippen molar-refractivity contribution in [2.45, 2.75) is 19.4 Å². The molecule has 0 aromatic heterocycles. The van der Waals surface area contributed by atoms with Gasteiger partial charge in [0.2, 0.25) is 0 Å². The zero-order valence-corrected chi connectivity index (χ0v) is 18.6. The molecular weight excluding hydrogens is 404 g/mol. The molecule has 0 spiro atoms. The molecule has 0 heterocycles. The molecular formula is C26H28N2O4. The van der Waals surface area contributed by atoms with Gasteiger partial charge >= 0.3 is 0 Å². The monoisotopic (exact) mass is 432 g/mol. The van der Waals surface area contributed by atoms with Crippen molar-refractivity contribution in [2.75, 3.05) is 25.6 Å². The van der Waals surface area contributed by atoms with Crippen molar-refractivity contribution in [1.29, 1.82) is 0 Å². The van der Waals surface area contributed by atoms with Crippen molar-refractivity contribution in [3.8, 4) is 11.5 Å². The highest BCUT2D eigenvalue weighted by molar-refractivity contribution is 6.05. The summed E-state index contributed by atoms with van der Waals surface area (Å²) in [6.07, 6.45) is -0.0432. The third kappa shape index (κ3) is 5.66. The Labute approximate surface area is 188 Å². The molecule has 0 radical (unpaired) electrons. The van der Waals surface area contributed by atoms with Gasteiger partial charge in [0.1, 0.15) is 0 Å². The Kier molecular flexibility index (Phi) is 7.86. The second-order valence-corrected chi connectivity index (χ2v) is 7.32. The fourth-order valence-electron chi connectivity index (χ4n) is 3.37. The van der Waals surface area contributed by atoms with Crippen molar-refractivity contribution in [3.05, 3.63) is 90.0 Å². The summed E-state index contributed by atoms with van der Waals surface area (Å²) in [5.41, 5.74) is 2.10. The standard InChI is InChI=1S/C26H28N2O4/c1-19(32-24-16-10-9-15-23(24)31-3)26(30)28(2)22-14-8-7-13-21(22)25(29)27-18-17-20-11-5-4-6-12-20/h4-16,19H,17-18H2,1-3H3,(H,27,29). The van der Waals surface area contributed by atoms with E-state index in [4.69, 9.17) is 9.47 Å². The summed E-state index contributed by atoms with van der Waals surface area (Å²) >= 11 is 0. The van der Waals surface area contributed by atoms with Crippen molar-refractivity contribution in [2.24, 2.45) is 0 Å². The summed E-state index contributed by atoms with van der Waals surface area (Å²) in [5, 5.41) is 2.94. The lowest BCUT2D eigenvalue weighted by molar-refractivity contribution is -0.124. The number of para-hydroxylation sites is 3. The molecule has 0 aliphatic carbocycles. The number of benzene rings is 3. The van der Waals surface area contributed by atoms with Gasteiger partial charge in [0.05, 0.1) is 18.4 Å². The zero-order chi connectivity index (χ0) is 22.9. The number of hydrogen-bond donors (Lipinski definition) is 1. The highest BCUT2D eigenvalue weighted by Gasteiger charge is 2.24. The lowest BCUT2D eigenvalue weighted by atomic mass is 10.1. The van der Waals surface area contributed by atoms with Gasteiger partial charge in [-0.3, -0.25) is 9.59 Å². The molecule has 2 amide bonds. The average Bonchev–Trinajstić information content (AvgIpc) is 2.84. The smallest absolute Gasteiger partial charge is 0.267 e. The first-order valence-electron chi connectivity index (χ1n) is 10.5. The molecule has 0 aliphatic heterocycles. The van der Waals surface area contributed by atoms with Gasteiger partial charge in [0.15, 0.2) is 17.6 Å². The molecule has 0 bridgehead atoms. The number of ether oxygens (including phenoxy) is 2. The van der Waals surface area contributed by atoms with Crippen LogP contribution < -0.4 is 19.7 Å². The van der Waals surface area contributed by atoms with Crippen LogP contribution >= 0.6 is 0 Å². The number of amides is 2. The van der Waals surface area contributed by atoms with E-state index in [1.165, 1.54) is 4.90 Å². The Morgan fingerprint density at radius 3 is 2.25 bits per heavy atom. The SMILES string of the molecule is COc1ccccc1OC(C)C(=O)N(C)c1ccccc1C(=O)NCCc1ccccc1. The topological polar surface area (TPSA) is 67.9 Å². The number of hydrogen-bond acceptors (Lipinski definition) is 4. The summed E-state index contributed by atoms with van der Waals surface area (Å²) in [7, 11) is 3.19. The van der Waals surface area contributed by atoms with Crippen LogP contribution in [0.1, 0.15) is 22.8 Å². The zero-order valence-electron chi connectivity index (χ0n) is 18.6. The van der Waals surface area contributed by atoms with E-state index in [0.29, 0.717) is 29.3 Å². The number of anilines is 1. The van der Waals surface area contributed by atoms with Crippen LogP contribution in [0.15, 0.2) is 78.9 Å². The van der Waals surface area contributed by atoms with E-state index in [1.54, 1.807) is 57.5 Å². The van der Waals surface area contributed by atoms with Gasteiger partial charge in [-0.05, 0) is 43.2 Å². The van der Waals surface area contributed by atoms with Crippen LogP contribution in [0.5, 0.6) is 11.5 Å². The van der Waals surface area contributed by atoms with E-state index in [-0.39, 0.29) is 11.8 Å². The molecule has 1 atom stereocenters. The van der Waals surface area contributed by atoms with Gasteiger partial charge in [-0.1, -0.05) is 54.6 Å². The lowest BCUT2D eigenvalue weighted by Crippen LogP contribution is -2.39. The van der Waals surface area contributed by atoms with E-state index >= 15 is 0 Å². The first kappa shape index (κ1) is 22.9. The maximum Gasteiger partial charge on any atom is 0.267 e. The third-order valence-corrected chi connectivity index (χ3v) is 5.10. The fraction of sp³-hybridized carbons (Fsp3) is 0.231. The van der Waals surface area contributed by atoms with Gasteiger partial charge in [-0.25, -0.2) is 0 Å². The molecule has 3 aromatic rings. The van der Waals surface area contributed by atoms with E-state index in [1.807, 2.05) is 42.5 Å². The number of methoxy groups -OCH3 is 1. The second kappa shape index (κ2) is 11.0. The van der Waals surface area contributed by atoms with Crippen LogP contribution in [-0.4, -0.2) is 38.6 Å². The Hall–Kier alpha value is -3.80. The van der Waals surface area contributed by atoms with Crippen molar-refractivity contribution in [3.63, 3.8) is 0 Å². The summed E-state index contributed by atoms with van der Waals surface area (Å²) in [6, 6.07) is 24.2. The number of rotatable bonds is 9. The summed E-state index contributed by atoms with van der Waals surface area (Å²) < 4.78 is 11.1. The van der Waals surface area contributed by atoms with E-state index < -0.39 is 6.10 Å². The number of carbonyl (C=O) groups is 2. The molecule has 0 aliphatic rings. The van der Waals surface area contributed by atoms with E-state index in [0.717, 1.165) is 12.0 Å².